The van der Waals surface area contributed by atoms with Crippen LogP contribution < -0.4 is 20.3 Å². The zero-order valence-electron chi connectivity index (χ0n) is 17.7. The summed E-state index contributed by atoms with van der Waals surface area (Å²) in [5, 5.41) is 5.54. The normalized spacial score (nSPS) is 16.6. The highest BCUT2D eigenvalue weighted by atomic mass is 16.5. The van der Waals surface area contributed by atoms with Gasteiger partial charge < -0.3 is 19.9 Å². The van der Waals surface area contributed by atoms with Gasteiger partial charge in [-0.25, -0.2) is 14.7 Å². The number of rotatable bonds is 7. The predicted molar refractivity (Wildman–Crippen MR) is 117 cm³/mol. The Morgan fingerprint density at radius 2 is 1.88 bits per heavy atom. The molecular formula is C23H23N5O4. The molecule has 0 bridgehead atoms. The maximum atomic E-state index is 12.9. The van der Waals surface area contributed by atoms with E-state index in [0.717, 1.165) is 10.5 Å². The number of hydrogen-bond donors (Lipinski definition) is 2. The van der Waals surface area contributed by atoms with Gasteiger partial charge >= 0.3 is 6.03 Å². The molecule has 2 N–H and O–H groups in total. The van der Waals surface area contributed by atoms with E-state index in [1.54, 1.807) is 36.7 Å². The molecule has 3 aromatic rings. The van der Waals surface area contributed by atoms with Crippen molar-refractivity contribution < 1.29 is 19.1 Å². The molecule has 32 heavy (non-hydrogen) atoms. The molecule has 4 amide bonds. The number of ether oxygens (including phenoxy) is 1. The molecule has 0 aliphatic carbocycles. The lowest BCUT2D eigenvalue weighted by Crippen LogP contribution is -2.38. The van der Waals surface area contributed by atoms with Crippen molar-refractivity contribution >= 4 is 23.5 Å². The number of aromatic nitrogens is 2. The van der Waals surface area contributed by atoms with Gasteiger partial charge in [0.25, 0.3) is 5.91 Å². The minimum atomic E-state index is -0.956. The van der Waals surface area contributed by atoms with Crippen LogP contribution in [0.1, 0.15) is 23.9 Å². The molecule has 0 spiro atoms. The molecule has 2 aromatic carbocycles. The van der Waals surface area contributed by atoms with Gasteiger partial charge in [-0.05, 0) is 29.8 Å². The average Bonchev–Trinajstić information content (AvgIpc) is 3.35. The monoisotopic (exact) mass is 433 g/mol. The number of urea groups is 1. The largest absolute Gasteiger partial charge is 0.497 e. The van der Waals surface area contributed by atoms with Gasteiger partial charge in [0.05, 0.1) is 19.2 Å². The van der Waals surface area contributed by atoms with Gasteiger partial charge in [-0.15, -0.1) is 0 Å². The van der Waals surface area contributed by atoms with Crippen LogP contribution in [0.2, 0.25) is 0 Å². The molecule has 2 heterocycles. The van der Waals surface area contributed by atoms with Gasteiger partial charge in [0.2, 0.25) is 5.91 Å². The Morgan fingerprint density at radius 1 is 1.16 bits per heavy atom. The van der Waals surface area contributed by atoms with Crippen LogP contribution in [-0.2, 0) is 16.6 Å². The molecule has 0 saturated carbocycles. The quantitative estimate of drug-likeness (QED) is 0.556. The highest BCUT2D eigenvalue weighted by Crippen LogP contribution is 2.24. The highest BCUT2D eigenvalue weighted by molar-refractivity contribution is 6.22. The Morgan fingerprint density at radius 3 is 2.50 bits per heavy atom. The second kappa shape index (κ2) is 8.93. The number of anilines is 1. The second-order valence-corrected chi connectivity index (χ2v) is 7.39. The lowest BCUT2D eigenvalue weighted by atomic mass is 10.1. The molecule has 164 valence electrons. The molecule has 9 heteroatoms. The number of nitrogens with zero attached hydrogens (tertiary/aromatic N) is 3. The van der Waals surface area contributed by atoms with Gasteiger partial charge in [0.1, 0.15) is 23.7 Å². The number of nitrogens with one attached hydrogen (secondary N) is 2. The molecule has 1 fully saturated rings. The lowest BCUT2D eigenvalue weighted by molar-refractivity contribution is -0.126. The Labute approximate surface area is 185 Å². The highest BCUT2D eigenvalue weighted by Gasteiger charge is 2.40. The van der Waals surface area contributed by atoms with Crippen LogP contribution in [0.15, 0.2) is 67.0 Å². The number of imidazole rings is 1. The Kier molecular flexibility index (Phi) is 5.89. The third-order valence-electron chi connectivity index (χ3n) is 5.29. The van der Waals surface area contributed by atoms with E-state index in [-0.39, 0.29) is 12.3 Å². The SMILES string of the molecule is COc1ccc(N2C(=O)N[C@H](CC(=O)N[C@@H](c3ccccc3)c3nccn3C)C2=O)cc1. The van der Waals surface area contributed by atoms with Crippen molar-refractivity contribution in [2.75, 3.05) is 12.0 Å². The van der Waals surface area contributed by atoms with Crippen molar-refractivity contribution in [3.8, 4) is 5.75 Å². The molecule has 2 atom stereocenters. The molecule has 1 aliphatic heterocycles. The van der Waals surface area contributed by atoms with Crippen molar-refractivity contribution in [1.82, 2.24) is 20.2 Å². The van der Waals surface area contributed by atoms with E-state index in [1.807, 2.05) is 41.9 Å². The van der Waals surface area contributed by atoms with Crippen LogP contribution >= 0.6 is 0 Å². The molecule has 1 aliphatic rings. The first-order valence-corrected chi connectivity index (χ1v) is 10.1. The van der Waals surface area contributed by atoms with Crippen LogP contribution in [0.3, 0.4) is 0 Å². The molecular weight excluding hydrogens is 410 g/mol. The fourth-order valence-electron chi connectivity index (χ4n) is 3.65. The summed E-state index contributed by atoms with van der Waals surface area (Å²) in [4.78, 5) is 43.6. The summed E-state index contributed by atoms with van der Waals surface area (Å²) in [5.41, 5.74) is 1.27. The summed E-state index contributed by atoms with van der Waals surface area (Å²) >= 11 is 0. The lowest BCUT2D eigenvalue weighted by Gasteiger charge is -2.20. The van der Waals surface area contributed by atoms with Crippen LogP contribution in [0.5, 0.6) is 5.75 Å². The topological polar surface area (TPSA) is 106 Å². The summed E-state index contributed by atoms with van der Waals surface area (Å²) in [6, 6.07) is 14.0. The number of carbonyl (C=O) groups excluding carboxylic acids is 3. The van der Waals surface area contributed by atoms with Crippen molar-refractivity contribution in [3.63, 3.8) is 0 Å². The first-order chi connectivity index (χ1) is 15.5. The maximum absolute atomic E-state index is 12.9. The van der Waals surface area contributed by atoms with E-state index >= 15 is 0 Å². The summed E-state index contributed by atoms with van der Waals surface area (Å²) in [7, 11) is 3.38. The fraction of sp³-hybridized carbons (Fsp3) is 0.217. The van der Waals surface area contributed by atoms with Crippen molar-refractivity contribution in [2.45, 2.75) is 18.5 Å². The third-order valence-corrected chi connectivity index (χ3v) is 5.29. The first kappa shape index (κ1) is 21.1. The standard InChI is InChI=1S/C23H23N5O4/c1-27-13-12-24-21(27)20(15-6-4-3-5-7-15)26-19(29)14-18-22(30)28(23(31)25-18)16-8-10-17(32-2)11-9-16/h3-13,18,20H,14H2,1-2H3,(H,25,31)(H,26,29)/t18-,20+/m1/s1. The summed E-state index contributed by atoms with van der Waals surface area (Å²) in [5.74, 6) is 0.407. The molecule has 1 saturated heterocycles. The fourth-order valence-corrected chi connectivity index (χ4v) is 3.65. The summed E-state index contributed by atoms with van der Waals surface area (Å²) < 4.78 is 6.93. The Balaban J connectivity index is 1.48. The van der Waals surface area contributed by atoms with Crippen LogP contribution in [0.4, 0.5) is 10.5 Å². The van der Waals surface area contributed by atoms with E-state index in [4.69, 9.17) is 4.74 Å². The predicted octanol–water partition coefficient (Wildman–Crippen LogP) is 2.15. The first-order valence-electron chi connectivity index (χ1n) is 10.1. The number of carbonyl (C=O) groups is 3. The third kappa shape index (κ3) is 4.18. The molecule has 0 unspecified atom stereocenters. The molecule has 4 rings (SSSR count). The Bertz CT molecular complexity index is 1130. The smallest absolute Gasteiger partial charge is 0.329 e. The van der Waals surface area contributed by atoms with Crippen molar-refractivity contribution in [1.29, 1.82) is 0 Å². The minimum absolute atomic E-state index is 0.189. The minimum Gasteiger partial charge on any atom is -0.497 e. The Hall–Kier alpha value is -4.14. The maximum Gasteiger partial charge on any atom is 0.329 e. The number of amides is 4. The van der Waals surface area contributed by atoms with Gasteiger partial charge in [0.15, 0.2) is 0 Å². The van der Waals surface area contributed by atoms with E-state index in [9.17, 15) is 14.4 Å². The van der Waals surface area contributed by atoms with Gasteiger partial charge in [-0.2, -0.15) is 0 Å². The van der Waals surface area contributed by atoms with Gasteiger partial charge in [-0.3, -0.25) is 9.59 Å². The van der Waals surface area contributed by atoms with E-state index in [2.05, 4.69) is 15.6 Å². The number of aryl methyl sites for hydroxylation is 1. The molecule has 0 radical (unpaired) electrons. The molecule has 1 aromatic heterocycles. The number of methoxy groups -OCH3 is 1. The summed E-state index contributed by atoms with van der Waals surface area (Å²) in [6.45, 7) is 0. The van der Waals surface area contributed by atoms with Crippen molar-refractivity contribution in [2.24, 2.45) is 7.05 Å². The van der Waals surface area contributed by atoms with Gasteiger partial charge in [0, 0.05) is 19.4 Å². The van der Waals surface area contributed by atoms with Crippen LogP contribution in [-0.4, -0.2) is 40.5 Å². The number of benzene rings is 2. The van der Waals surface area contributed by atoms with E-state index < -0.39 is 24.0 Å². The number of imide groups is 1. The zero-order valence-corrected chi connectivity index (χ0v) is 17.7. The number of hydrogen-bond acceptors (Lipinski definition) is 5. The summed E-state index contributed by atoms with van der Waals surface area (Å²) in [6.07, 6.45) is 3.26. The van der Waals surface area contributed by atoms with E-state index in [0.29, 0.717) is 17.3 Å². The van der Waals surface area contributed by atoms with Crippen molar-refractivity contribution in [3.05, 3.63) is 78.4 Å². The van der Waals surface area contributed by atoms with Crippen LogP contribution in [0, 0.1) is 0 Å². The van der Waals surface area contributed by atoms with Crippen LogP contribution in [0.25, 0.3) is 0 Å². The van der Waals surface area contributed by atoms with E-state index in [1.165, 1.54) is 7.11 Å². The van der Waals surface area contributed by atoms with Gasteiger partial charge in [-0.1, -0.05) is 30.3 Å². The average molecular weight is 433 g/mol. The molecule has 9 nitrogen and oxygen atoms in total. The second-order valence-electron chi connectivity index (χ2n) is 7.39. The zero-order chi connectivity index (χ0) is 22.7.